The van der Waals surface area contributed by atoms with Gasteiger partial charge in [0.25, 0.3) is 5.91 Å². The highest BCUT2D eigenvalue weighted by Crippen LogP contribution is 2.33. The predicted octanol–water partition coefficient (Wildman–Crippen LogP) is 3.88. The molecule has 1 unspecified atom stereocenters. The van der Waals surface area contributed by atoms with Crippen molar-refractivity contribution in [3.63, 3.8) is 0 Å². The van der Waals surface area contributed by atoms with Gasteiger partial charge in [0.2, 0.25) is 5.91 Å². The first-order valence-corrected chi connectivity index (χ1v) is 11.0. The van der Waals surface area contributed by atoms with Crippen molar-refractivity contribution < 1.29 is 19.1 Å². The fourth-order valence-corrected chi connectivity index (χ4v) is 4.19. The average Bonchev–Trinajstić information content (AvgIpc) is 2.77. The predicted molar refractivity (Wildman–Crippen MR) is 120 cm³/mol. The third kappa shape index (κ3) is 4.68. The Morgan fingerprint density at radius 2 is 1.87 bits per heavy atom. The second-order valence-corrected chi connectivity index (χ2v) is 8.43. The number of carbonyl (C=O) groups is 2. The van der Waals surface area contributed by atoms with Crippen molar-refractivity contribution in [2.45, 2.75) is 52.2 Å². The van der Waals surface area contributed by atoms with Crippen LogP contribution < -0.4 is 14.4 Å². The van der Waals surface area contributed by atoms with Crippen LogP contribution in [-0.4, -0.2) is 48.6 Å². The van der Waals surface area contributed by atoms with E-state index in [0.29, 0.717) is 31.8 Å². The van der Waals surface area contributed by atoms with Crippen LogP contribution in [0.3, 0.4) is 0 Å². The molecule has 4 rings (SSSR count). The van der Waals surface area contributed by atoms with Crippen LogP contribution in [0.15, 0.2) is 42.5 Å². The van der Waals surface area contributed by atoms with E-state index in [2.05, 4.69) is 32.0 Å². The molecule has 2 aromatic carbocycles. The number of hydrogen-bond donors (Lipinski definition) is 0. The van der Waals surface area contributed by atoms with Crippen LogP contribution in [0.4, 0.5) is 5.69 Å². The van der Waals surface area contributed by atoms with Gasteiger partial charge in [0, 0.05) is 38.9 Å². The Bertz CT molecular complexity index is 966. The van der Waals surface area contributed by atoms with E-state index in [4.69, 9.17) is 9.47 Å². The van der Waals surface area contributed by atoms with E-state index in [1.807, 2.05) is 29.2 Å². The van der Waals surface area contributed by atoms with Gasteiger partial charge in [-0.25, -0.2) is 0 Å². The first-order chi connectivity index (χ1) is 14.9. The number of amides is 2. The number of anilines is 1. The lowest BCUT2D eigenvalue weighted by atomic mass is 10.1. The maximum Gasteiger partial charge on any atom is 0.267 e. The molecule has 2 amide bonds. The lowest BCUT2D eigenvalue weighted by Gasteiger charge is -2.35. The number of hydrogen-bond acceptors (Lipinski definition) is 4. The van der Waals surface area contributed by atoms with Gasteiger partial charge in [-0.3, -0.25) is 9.59 Å². The zero-order valence-electron chi connectivity index (χ0n) is 18.5. The molecular formula is C25H30N2O4. The maximum absolute atomic E-state index is 12.8. The molecule has 2 aromatic rings. The summed E-state index contributed by atoms with van der Waals surface area (Å²) in [4.78, 5) is 29.0. The number of fused-ring (bicyclic) bond motifs is 1. The molecule has 0 aromatic heterocycles. The molecule has 2 aliphatic heterocycles. The number of para-hydroxylation sites is 2. The summed E-state index contributed by atoms with van der Waals surface area (Å²) < 4.78 is 11.9. The SMILES string of the molecule is Cc1ccc(C)c(OC2CCN(C(=O)CCN3C(=O)C(C)Oc4ccccc43)CC2)c1. The number of ether oxygens (including phenoxy) is 2. The Morgan fingerprint density at radius 3 is 2.65 bits per heavy atom. The molecule has 0 saturated carbocycles. The summed E-state index contributed by atoms with van der Waals surface area (Å²) in [6.07, 6.45) is 1.52. The topological polar surface area (TPSA) is 59.1 Å². The molecule has 1 atom stereocenters. The van der Waals surface area contributed by atoms with Gasteiger partial charge in [0.05, 0.1) is 5.69 Å². The van der Waals surface area contributed by atoms with Crippen molar-refractivity contribution in [1.82, 2.24) is 4.90 Å². The highest BCUT2D eigenvalue weighted by molar-refractivity contribution is 6.00. The Morgan fingerprint density at radius 1 is 1.13 bits per heavy atom. The summed E-state index contributed by atoms with van der Waals surface area (Å²) in [6, 6.07) is 13.7. The van der Waals surface area contributed by atoms with Crippen LogP contribution in [-0.2, 0) is 9.59 Å². The van der Waals surface area contributed by atoms with Crippen LogP contribution in [0.2, 0.25) is 0 Å². The molecule has 1 saturated heterocycles. The minimum absolute atomic E-state index is 0.0783. The molecule has 164 valence electrons. The van der Waals surface area contributed by atoms with Crippen LogP contribution in [0.5, 0.6) is 11.5 Å². The van der Waals surface area contributed by atoms with Gasteiger partial charge in [-0.15, -0.1) is 0 Å². The second kappa shape index (κ2) is 9.00. The Balaban J connectivity index is 1.31. The van der Waals surface area contributed by atoms with Gasteiger partial charge in [-0.05, 0) is 50.1 Å². The number of piperidine rings is 1. The van der Waals surface area contributed by atoms with E-state index >= 15 is 0 Å². The molecule has 0 bridgehead atoms. The monoisotopic (exact) mass is 422 g/mol. The summed E-state index contributed by atoms with van der Waals surface area (Å²) in [5.74, 6) is 1.59. The summed E-state index contributed by atoms with van der Waals surface area (Å²) in [5.41, 5.74) is 3.05. The van der Waals surface area contributed by atoms with E-state index < -0.39 is 6.10 Å². The number of benzene rings is 2. The smallest absolute Gasteiger partial charge is 0.267 e. The summed E-state index contributed by atoms with van der Waals surface area (Å²) in [7, 11) is 0. The third-order valence-corrected chi connectivity index (χ3v) is 6.05. The van der Waals surface area contributed by atoms with Gasteiger partial charge in [0.15, 0.2) is 6.10 Å². The molecule has 0 aliphatic carbocycles. The van der Waals surface area contributed by atoms with Crippen LogP contribution >= 0.6 is 0 Å². The van der Waals surface area contributed by atoms with Crippen molar-refractivity contribution in [2.24, 2.45) is 0 Å². The molecular weight excluding hydrogens is 392 g/mol. The molecule has 1 fully saturated rings. The number of likely N-dealkylation sites (tertiary alicyclic amines) is 1. The van der Waals surface area contributed by atoms with Crippen molar-refractivity contribution in [2.75, 3.05) is 24.5 Å². The molecule has 6 heteroatoms. The lowest BCUT2D eigenvalue weighted by Crippen LogP contribution is -2.47. The highest BCUT2D eigenvalue weighted by atomic mass is 16.5. The quantitative estimate of drug-likeness (QED) is 0.734. The first kappa shape index (κ1) is 21.2. The normalized spacial score (nSPS) is 19.1. The zero-order valence-corrected chi connectivity index (χ0v) is 18.5. The fraction of sp³-hybridized carbons (Fsp3) is 0.440. The van der Waals surface area contributed by atoms with E-state index in [1.54, 1.807) is 11.8 Å². The summed E-state index contributed by atoms with van der Waals surface area (Å²) in [6.45, 7) is 7.58. The summed E-state index contributed by atoms with van der Waals surface area (Å²) in [5, 5.41) is 0. The van der Waals surface area contributed by atoms with Gasteiger partial charge >= 0.3 is 0 Å². The number of carbonyl (C=O) groups excluding carboxylic acids is 2. The third-order valence-electron chi connectivity index (χ3n) is 6.05. The highest BCUT2D eigenvalue weighted by Gasteiger charge is 2.32. The zero-order chi connectivity index (χ0) is 22.0. The average molecular weight is 423 g/mol. The number of rotatable bonds is 5. The molecule has 2 aliphatic rings. The molecule has 2 heterocycles. The summed E-state index contributed by atoms with van der Waals surface area (Å²) >= 11 is 0. The molecule has 0 spiro atoms. The molecule has 6 nitrogen and oxygen atoms in total. The Hall–Kier alpha value is -3.02. The van der Waals surface area contributed by atoms with Gasteiger partial charge < -0.3 is 19.3 Å². The Labute approximate surface area is 183 Å². The van der Waals surface area contributed by atoms with E-state index in [1.165, 1.54) is 5.56 Å². The largest absolute Gasteiger partial charge is 0.490 e. The van der Waals surface area contributed by atoms with Crippen LogP contribution in [0, 0.1) is 13.8 Å². The molecule has 0 N–H and O–H groups in total. The lowest BCUT2D eigenvalue weighted by molar-refractivity contribution is -0.133. The van der Waals surface area contributed by atoms with Crippen molar-refractivity contribution >= 4 is 17.5 Å². The van der Waals surface area contributed by atoms with E-state index in [-0.39, 0.29) is 17.9 Å². The van der Waals surface area contributed by atoms with Crippen molar-refractivity contribution in [3.05, 3.63) is 53.6 Å². The van der Waals surface area contributed by atoms with Crippen LogP contribution in [0.25, 0.3) is 0 Å². The van der Waals surface area contributed by atoms with Crippen LogP contribution in [0.1, 0.15) is 37.3 Å². The fourth-order valence-electron chi connectivity index (χ4n) is 4.19. The standard InChI is InChI=1S/C25H30N2O4/c1-17-8-9-18(2)23(16-17)31-20-10-13-26(14-11-20)24(28)12-15-27-21-6-4-5-7-22(21)30-19(3)25(27)29/h4-9,16,19-20H,10-15H2,1-3H3. The maximum atomic E-state index is 12.8. The number of nitrogens with zero attached hydrogens (tertiary/aromatic N) is 2. The molecule has 31 heavy (non-hydrogen) atoms. The first-order valence-electron chi connectivity index (χ1n) is 11.0. The number of aryl methyl sites for hydroxylation is 2. The van der Waals surface area contributed by atoms with Crippen molar-refractivity contribution in [1.29, 1.82) is 0 Å². The van der Waals surface area contributed by atoms with Crippen molar-refractivity contribution in [3.8, 4) is 11.5 Å². The van der Waals surface area contributed by atoms with Gasteiger partial charge in [-0.1, -0.05) is 24.3 Å². The van der Waals surface area contributed by atoms with Gasteiger partial charge in [0.1, 0.15) is 17.6 Å². The Kier molecular flexibility index (Phi) is 6.16. The van der Waals surface area contributed by atoms with Gasteiger partial charge in [-0.2, -0.15) is 0 Å². The second-order valence-electron chi connectivity index (χ2n) is 8.43. The minimum atomic E-state index is -0.539. The molecule has 0 radical (unpaired) electrons. The van der Waals surface area contributed by atoms with E-state index in [9.17, 15) is 9.59 Å². The van der Waals surface area contributed by atoms with E-state index in [0.717, 1.165) is 29.8 Å². The minimum Gasteiger partial charge on any atom is -0.490 e.